The molecule has 0 radical (unpaired) electrons. The minimum atomic E-state index is -0.488. The molecule has 0 aliphatic carbocycles. The van der Waals surface area contributed by atoms with Gasteiger partial charge in [-0.1, -0.05) is 30.3 Å². The van der Waals surface area contributed by atoms with Crippen molar-refractivity contribution in [1.82, 2.24) is 4.90 Å². The summed E-state index contributed by atoms with van der Waals surface area (Å²) in [5.74, 6) is -0.844. The zero-order valence-corrected chi connectivity index (χ0v) is 18.0. The number of benzene rings is 2. The monoisotopic (exact) mass is 435 g/mol. The lowest BCUT2D eigenvalue weighted by Crippen LogP contribution is -2.45. The van der Waals surface area contributed by atoms with Gasteiger partial charge in [0.05, 0.1) is 5.56 Å². The molecule has 0 spiro atoms. The van der Waals surface area contributed by atoms with Crippen LogP contribution < -0.4 is 10.2 Å². The molecule has 1 N–H and O–H groups in total. The van der Waals surface area contributed by atoms with E-state index in [0.717, 1.165) is 38.4 Å². The van der Waals surface area contributed by atoms with E-state index in [4.69, 9.17) is 4.74 Å². The van der Waals surface area contributed by atoms with E-state index in [1.807, 2.05) is 30.3 Å². The highest BCUT2D eigenvalue weighted by atomic mass is 32.1. The SMILES string of the molecule is O=C(COC(=O)c1ccsc1)Nc1ccc(N2CCN(Cc3ccccc3)CC2)cc1. The number of carbonyl (C=O) groups excluding carboxylic acids is 2. The van der Waals surface area contributed by atoms with Gasteiger partial charge in [0.15, 0.2) is 6.61 Å². The van der Waals surface area contributed by atoms with E-state index in [9.17, 15) is 9.59 Å². The summed E-state index contributed by atoms with van der Waals surface area (Å²) in [6.45, 7) is 4.65. The summed E-state index contributed by atoms with van der Waals surface area (Å²) in [5, 5.41) is 6.25. The fraction of sp³-hybridized carbons (Fsp3) is 0.250. The third kappa shape index (κ3) is 5.93. The van der Waals surface area contributed by atoms with E-state index >= 15 is 0 Å². The van der Waals surface area contributed by atoms with Crippen LogP contribution in [0.2, 0.25) is 0 Å². The summed E-state index contributed by atoms with van der Waals surface area (Å²) in [5.41, 5.74) is 3.63. The van der Waals surface area contributed by atoms with Gasteiger partial charge in [-0.25, -0.2) is 4.79 Å². The lowest BCUT2D eigenvalue weighted by Gasteiger charge is -2.36. The Morgan fingerprint density at radius 3 is 2.35 bits per heavy atom. The maximum absolute atomic E-state index is 12.1. The summed E-state index contributed by atoms with van der Waals surface area (Å²) >= 11 is 1.41. The number of hydrogen-bond donors (Lipinski definition) is 1. The number of nitrogens with one attached hydrogen (secondary N) is 1. The Balaban J connectivity index is 1.22. The molecular weight excluding hydrogens is 410 g/mol. The zero-order chi connectivity index (χ0) is 21.5. The summed E-state index contributed by atoms with van der Waals surface area (Å²) in [6.07, 6.45) is 0. The van der Waals surface area contributed by atoms with Crippen molar-refractivity contribution in [2.45, 2.75) is 6.54 Å². The number of carbonyl (C=O) groups is 2. The molecule has 1 aliphatic rings. The van der Waals surface area contributed by atoms with Gasteiger partial charge >= 0.3 is 5.97 Å². The molecule has 0 atom stereocenters. The molecule has 4 rings (SSSR count). The van der Waals surface area contributed by atoms with Gasteiger partial charge in [-0.15, -0.1) is 0 Å². The predicted molar refractivity (Wildman–Crippen MR) is 124 cm³/mol. The smallest absolute Gasteiger partial charge is 0.339 e. The number of esters is 1. The van der Waals surface area contributed by atoms with Crippen molar-refractivity contribution in [3.05, 3.63) is 82.6 Å². The van der Waals surface area contributed by atoms with Gasteiger partial charge in [0.1, 0.15) is 0 Å². The minimum absolute atomic E-state index is 0.306. The van der Waals surface area contributed by atoms with Crippen LogP contribution in [0.4, 0.5) is 11.4 Å². The van der Waals surface area contributed by atoms with E-state index in [0.29, 0.717) is 11.3 Å². The molecule has 1 aliphatic heterocycles. The number of hydrogen-bond acceptors (Lipinski definition) is 6. The van der Waals surface area contributed by atoms with Crippen LogP contribution in [0.1, 0.15) is 15.9 Å². The lowest BCUT2D eigenvalue weighted by atomic mass is 10.2. The molecule has 0 bridgehead atoms. The standard InChI is InChI=1S/C24H25N3O3S/c28-23(17-30-24(29)20-10-15-31-18-20)25-21-6-8-22(9-7-21)27-13-11-26(12-14-27)16-19-4-2-1-3-5-19/h1-10,15,18H,11-14,16-17H2,(H,25,28). The van der Waals surface area contributed by atoms with Crippen LogP contribution in [0.5, 0.6) is 0 Å². The van der Waals surface area contributed by atoms with Gasteiger partial charge in [-0.05, 0) is 41.3 Å². The predicted octanol–water partition coefficient (Wildman–Crippen LogP) is 3.87. The minimum Gasteiger partial charge on any atom is -0.452 e. The lowest BCUT2D eigenvalue weighted by molar-refractivity contribution is -0.119. The molecule has 1 aromatic heterocycles. The second-order valence-electron chi connectivity index (χ2n) is 7.43. The van der Waals surface area contributed by atoms with Crippen LogP contribution in [0.25, 0.3) is 0 Å². The van der Waals surface area contributed by atoms with Gasteiger partial charge in [-0.2, -0.15) is 11.3 Å². The van der Waals surface area contributed by atoms with Crippen LogP contribution in [-0.4, -0.2) is 49.6 Å². The van der Waals surface area contributed by atoms with Crippen molar-refractivity contribution in [3.63, 3.8) is 0 Å². The zero-order valence-electron chi connectivity index (χ0n) is 17.2. The van der Waals surface area contributed by atoms with Crippen LogP contribution in [0.3, 0.4) is 0 Å². The third-order valence-corrected chi connectivity index (χ3v) is 5.91. The third-order valence-electron chi connectivity index (χ3n) is 5.23. The number of amides is 1. The summed E-state index contributed by atoms with van der Waals surface area (Å²) in [7, 11) is 0. The summed E-state index contributed by atoms with van der Waals surface area (Å²) in [6, 6.07) is 20.0. The van der Waals surface area contributed by atoms with Crippen molar-refractivity contribution >= 4 is 34.6 Å². The Bertz CT molecular complexity index is 983. The van der Waals surface area contributed by atoms with Gasteiger partial charge in [0, 0.05) is 49.5 Å². The second kappa shape index (κ2) is 10.2. The van der Waals surface area contributed by atoms with Crippen LogP contribution in [0, 0.1) is 0 Å². The van der Waals surface area contributed by atoms with Crippen LogP contribution >= 0.6 is 11.3 Å². The van der Waals surface area contributed by atoms with Gasteiger partial charge in [0.25, 0.3) is 5.91 Å². The first-order valence-electron chi connectivity index (χ1n) is 10.3. The molecule has 0 saturated carbocycles. The van der Waals surface area contributed by atoms with E-state index < -0.39 is 5.97 Å². The average Bonchev–Trinajstić information content (AvgIpc) is 3.35. The molecule has 3 aromatic rings. The Morgan fingerprint density at radius 1 is 0.935 bits per heavy atom. The van der Waals surface area contributed by atoms with E-state index in [-0.39, 0.29) is 12.5 Å². The molecule has 7 heteroatoms. The highest BCUT2D eigenvalue weighted by molar-refractivity contribution is 7.08. The van der Waals surface area contributed by atoms with Crippen molar-refractivity contribution in [2.75, 3.05) is 43.0 Å². The molecule has 0 unspecified atom stereocenters. The number of nitrogens with zero attached hydrogens (tertiary/aromatic N) is 2. The molecule has 2 heterocycles. The Morgan fingerprint density at radius 2 is 1.68 bits per heavy atom. The van der Waals surface area contributed by atoms with Crippen LogP contribution in [-0.2, 0) is 16.1 Å². The molecule has 6 nitrogen and oxygen atoms in total. The number of ether oxygens (including phenoxy) is 1. The van der Waals surface area contributed by atoms with Crippen LogP contribution in [0.15, 0.2) is 71.4 Å². The summed E-state index contributed by atoms with van der Waals surface area (Å²) in [4.78, 5) is 28.7. The quantitative estimate of drug-likeness (QED) is 0.571. The highest BCUT2D eigenvalue weighted by Crippen LogP contribution is 2.20. The highest BCUT2D eigenvalue weighted by Gasteiger charge is 2.17. The van der Waals surface area contributed by atoms with Gasteiger partial charge in [-0.3, -0.25) is 9.69 Å². The first kappa shape index (κ1) is 21.1. The van der Waals surface area contributed by atoms with Crippen molar-refractivity contribution in [3.8, 4) is 0 Å². The second-order valence-corrected chi connectivity index (χ2v) is 8.21. The first-order valence-corrected chi connectivity index (χ1v) is 11.2. The normalized spacial score (nSPS) is 14.3. The first-order chi connectivity index (χ1) is 15.2. The van der Waals surface area contributed by atoms with E-state index in [1.54, 1.807) is 16.8 Å². The number of thiophene rings is 1. The molecule has 1 amide bonds. The van der Waals surface area contributed by atoms with Gasteiger partial charge < -0.3 is 15.0 Å². The fourth-order valence-electron chi connectivity index (χ4n) is 3.55. The molecule has 1 fully saturated rings. The molecule has 160 valence electrons. The summed E-state index contributed by atoms with van der Waals surface area (Å²) < 4.78 is 5.03. The molecule has 31 heavy (non-hydrogen) atoms. The molecule has 2 aromatic carbocycles. The van der Waals surface area contributed by atoms with Crippen molar-refractivity contribution in [2.24, 2.45) is 0 Å². The maximum atomic E-state index is 12.1. The van der Waals surface area contributed by atoms with E-state index in [1.165, 1.54) is 16.9 Å². The van der Waals surface area contributed by atoms with Gasteiger partial charge in [0.2, 0.25) is 0 Å². The number of anilines is 2. The molecule has 1 saturated heterocycles. The molecular formula is C24H25N3O3S. The fourth-order valence-corrected chi connectivity index (χ4v) is 4.18. The number of piperazine rings is 1. The number of rotatable bonds is 7. The topological polar surface area (TPSA) is 61.9 Å². The van der Waals surface area contributed by atoms with Crippen molar-refractivity contribution < 1.29 is 14.3 Å². The van der Waals surface area contributed by atoms with E-state index in [2.05, 4.69) is 39.4 Å². The Labute approximate surface area is 186 Å². The largest absolute Gasteiger partial charge is 0.452 e. The maximum Gasteiger partial charge on any atom is 0.339 e. The van der Waals surface area contributed by atoms with Crippen molar-refractivity contribution in [1.29, 1.82) is 0 Å². The average molecular weight is 436 g/mol. The Kier molecular flexibility index (Phi) is 6.96. The Hall–Kier alpha value is -3.16.